The van der Waals surface area contributed by atoms with Crippen LogP contribution < -0.4 is 0 Å². The summed E-state index contributed by atoms with van der Waals surface area (Å²) in [4.78, 5) is 15.7. The van der Waals surface area contributed by atoms with Gasteiger partial charge in [0.2, 0.25) is 0 Å². The van der Waals surface area contributed by atoms with Gasteiger partial charge in [0.1, 0.15) is 29.1 Å². The molecule has 6 heterocycles. The van der Waals surface area contributed by atoms with Crippen molar-refractivity contribution in [3.8, 4) is 0 Å². The number of nitrogens with one attached hydrogen (secondary N) is 6. The third-order valence-electron chi connectivity index (χ3n) is 11.9. The number of benzene rings is 6. The van der Waals surface area contributed by atoms with Crippen LogP contribution in [-0.2, 0) is 5.41 Å². The summed E-state index contributed by atoms with van der Waals surface area (Å²) >= 11 is 0. The molecule has 0 saturated carbocycles. The molecule has 12 aromatic rings. The van der Waals surface area contributed by atoms with Crippen molar-refractivity contribution in [1.29, 1.82) is 0 Å². The van der Waals surface area contributed by atoms with Crippen LogP contribution in [0.3, 0.4) is 0 Å². The second-order valence-corrected chi connectivity index (χ2v) is 18.2. The highest BCUT2D eigenvalue weighted by Gasteiger charge is 2.19. The maximum absolute atomic E-state index is 13.6. The second-order valence-electron chi connectivity index (χ2n) is 18.2. The van der Waals surface area contributed by atoms with Gasteiger partial charge in [0.05, 0.1) is 33.1 Å². The standard InChI is InChI=1S/C12H14FN.C9H6F3N.3C9H7F2N.C8H4F3N.6C2H6/c1-12(2,3)9-6-8-4-5-14-11(8)10(13)7-9;1-4-6(10)5-2-3-13-9(5)8(12)7(4)11;1-5-4-7(10)9-6(8(5)11)2-3-12-9;2*1-5-4-6-2-3-12-9(6)8(11)7(5)10;9-5-3-6(10)7(11)8-4(5)1-2-12-8;6*1-2/h4-7,14H,1-3H3;2-3,13H,1H3;3*2-4,12H,1H3;1-3,12H;6*1-2H3. The van der Waals surface area contributed by atoms with Gasteiger partial charge in [-0.05, 0) is 122 Å². The van der Waals surface area contributed by atoms with Crippen molar-refractivity contribution in [3.05, 3.63) is 213 Å². The molecule has 0 amide bonds. The number of hydrogen-bond acceptors (Lipinski definition) is 0. The van der Waals surface area contributed by atoms with Gasteiger partial charge in [0, 0.05) is 81.1 Å². The highest BCUT2D eigenvalue weighted by Crippen LogP contribution is 2.30. The van der Waals surface area contributed by atoms with Crippen LogP contribution in [0.2, 0.25) is 0 Å². The van der Waals surface area contributed by atoms with Crippen molar-refractivity contribution >= 4 is 65.4 Å². The summed E-state index contributed by atoms with van der Waals surface area (Å²) < 4.78 is 169. The van der Waals surface area contributed by atoms with E-state index in [1.54, 1.807) is 69.7 Å². The smallest absolute Gasteiger partial charge is 0.183 e. The summed E-state index contributed by atoms with van der Waals surface area (Å²) in [5.41, 5.74) is 2.78. The topological polar surface area (TPSA) is 94.7 Å². The van der Waals surface area contributed by atoms with Gasteiger partial charge in [-0.1, -0.05) is 104 Å². The average molecular weight is 1230 g/mol. The van der Waals surface area contributed by atoms with Crippen LogP contribution in [0.1, 0.15) is 132 Å². The first-order chi connectivity index (χ1) is 41.4. The van der Waals surface area contributed by atoms with Crippen molar-refractivity contribution < 1.29 is 57.1 Å². The molecule has 0 aliphatic rings. The van der Waals surface area contributed by atoms with Crippen LogP contribution >= 0.6 is 0 Å². The molecule has 87 heavy (non-hydrogen) atoms. The normalized spacial score (nSPS) is 10.1. The Labute approximate surface area is 501 Å². The largest absolute Gasteiger partial charge is 0.359 e. The molecule has 6 aromatic heterocycles. The average Bonchev–Trinajstić information content (AvgIpc) is 2.92. The zero-order valence-corrected chi connectivity index (χ0v) is 52.8. The van der Waals surface area contributed by atoms with Crippen molar-refractivity contribution in [2.75, 3.05) is 0 Å². The lowest BCUT2D eigenvalue weighted by atomic mass is 9.86. The summed E-state index contributed by atoms with van der Waals surface area (Å²) in [6.45, 7) is 36.1. The number of aryl methyl sites for hydroxylation is 3. The number of aromatic nitrogens is 6. The zero-order chi connectivity index (χ0) is 66.8. The monoisotopic (exact) mass is 1230 g/mol. The molecule has 0 spiro atoms. The van der Waals surface area contributed by atoms with Crippen LogP contribution in [0.25, 0.3) is 65.4 Å². The molecule has 0 saturated heterocycles. The van der Waals surface area contributed by atoms with Crippen molar-refractivity contribution in [2.45, 2.75) is 137 Å². The minimum atomic E-state index is -1.18. The Morgan fingerprint density at radius 2 is 0.598 bits per heavy atom. The Hall–Kier alpha value is -8.35. The Bertz CT molecular complexity index is 3790. The maximum atomic E-state index is 13.6. The lowest BCUT2D eigenvalue weighted by Gasteiger charge is -2.19. The molecule has 6 nitrogen and oxygen atoms in total. The number of hydrogen-bond donors (Lipinski definition) is 6. The molecule has 19 heteroatoms. The van der Waals surface area contributed by atoms with Gasteiger partial charge in [0.15, 0.2) is 46.5 Å². The first kappa shape index (κ1) is 76.7. The molecule has 474 valence electrons. The van der Waals surface area contributed by atoms with E-state index >= 15 is 0 Å². The fraction of sp³-hybridized carbons (Fsp3) is 0.294. The first-order valence-corrected chi connectivity index (χ1v) is 28.6. The van der Waals surface area contributed by atoms with Gasteiger partial charge in [-0.3, -0.25) is 0 Å². The SMILES string of the molecule is CC.CC.CC.CC.CC.CC.CC(C)(C)c1cc(F)c2[nH]ccc2c1.Cc1c(F)c(F)c2[nH]ccc2c1F.Cc1cc(F)c2[nH]ccc2c1F.Cc1cc2cc[nH]c2c(F)c1F.Cc1cc2cc[nH]c2c(F)c1F.Fc1cc(F)c2cc[nH]c2c1F. The Morgan fingerprint density at radius 1 is 0.264 bits per heavy atom. The summed E-state index contributed by atoms with van der Waals surface area (Å²) in [5.74, 6) is -9.93. The minimum Gasteiger partial charge on any atom is -0.359 e. The van der Waals surface area contributed by atoms with Gasteiger partial charge < -0.3 is 29.9 Å². The fourth-order valence-corrected chi connectivity index (χ4v) is 7.82. The molecule has 0 unspecified atom stereocenters. The molecule has 0 radical (unpaired) electrons. The van der Waals surface area contributed by atoms with Crippen LogP contribution in [0.4, 0.5) is 57.1 Å². The van der Waals surface area contributed by atoms with Crippen LogP contribution in [0, 0.1) is 103 Å². The number of fused-ring (bicyclic) bond motifs is 6. The molecule has 0 bridgehead atoms. The van der Waals surface area contributed by atoms with Crippen molar-refractivity contribution in [3.63, 3.8) is 0 Å². The number of halogens is 13. The second kappa shape index (κ2) is 36.6. The molecular formula is C68H81F13N6. The molecule has 6 aromatic carbocycles. The van der Waals surface area contributed by atoms with Gasteiger partial charge >= 0.3 is 0 Å². The first-order valence-electron chi connectivity index (χ1n) is 28.6. The predicted octanol–water partition coefficient (Wildman–Crippen LogP) is 23.5. The summed E-state index contributed by atoms with van der Waals surface area (Å²) in [7, 11) is 0. The Kier molecular flexibility index (Phi) is 32.2. The Morgan fingerprint density at radius 3 is 1.05 bits per heavy atom. The zero-order valence-electron chi connectivity index (χ0n) is 52.8. The number of H-pyrrole nitrogens is 6. The van der Waals surface area contributed by atoms with E-state index in [4.69, 9.17) is 0 Å². The lowest BCUT2D eigenvalue weighted by Crippen LogP contribution is -2.11. The highest BCUT2D eigenvalue weighted by molar-refractivity contribution is 5.84. The fourth-order valence-electron chi connectivity index (χ4n) is 7.82. The van der Waals surface area contributed by atoms with Gasteiger partial charge in [-0.25, -0.2) is 57.1 Å². The minimum absolute atomic E-state index is 0.00764. The van der Waals surface area contributed by atoms with E-state index in [0.717, 1.165) is 10.9 Å². The maximum Gasteiger partial charge on any atom is 0.183 e. The lowest BCUT2D eigenvalue weighted by molar-refractivity contribution is 0.496. The van der Waals surface area contributed by atoms with Crippen LogP contribution in [0.15, 0.2) is 110 Å². The summed E-state index contributed by atoms with van der Waals surface area (Å²) in [6, 6.07) is 18.2. The van der Waals surface area contributed by atoms with E-state index in [2.05, 4.69) is 50.7 Å². The molecule has 0 atom stereocenters. The molecule has 6 N–H and O–H groups in total. The molecule has 0 aliphatic carbocycles. The van der Waals surface area contributed by atoms with Crippen molar-refractivity contribution in [1.82, 2.24) is 29.9 Å². The number of rotatable bonds is 0. The van der Waals surface area contributed by atoms with Gasteiger partial charge in [-0.2, -0.15) is 0 Å². The molecular weight excluding hydrogens is 1150 g/mol. The molecule has 0 aliphatic heterocycles. The Balaban J connectivity index is 0.000000504. The van der Waals surface area contributed by atoms with E-state index in [-0.39, 0.29) is 61.0 Å². The third kappa shape index (κ3) is 18.8. The van der Waals surface area contributed by atoms with E-state index in [9.17, 15) is 57.1 Å². The predicted molar refractivity (Wildman–Crippen MR) is 335 cm³/mol. The van der Waals surface area contributed by atoms with E-state index in [1.807, 2.05) is 95.2 Å². The highest BCUT2D eigenvalue weighted by atomic mass is 19.2. The summed E-state index contributed by atoms with van der Waals surface area (Å²) in [6.07, 6.45) is 9.20. The third-order valence-corrected chi connectivity index (χ3v) is 11.9. The van der Waals surface area contributed by atoms with E-state index < -0.39 is 64.0 Å². The van der Waals surface area contributed by atoms with Crippen molar-refractivity contribution in [2.24, 2.45) is 0 Å². The van der Waals surface area contributed by atoms with Gasteiger partial charge in [0.25, 0.3) is 0 Å². The van der Waals surface area contributed by atoms with E-state index in [1.165, 1.54) is 49.8 Å². The van der Waals surface area contributed by atoms with E-state index in [0.29, 0.717) is 44.4 Å². The van der Waals surface area contributed by atoms with Gasteiger partial charge in [-0.15, -0.1) is 0 Å². The molecule has 12 rings (SSSR count). The molecule has 0 fully saturated rings. The van der Waals surface area contributed by atoms with Crippen LogP contribution in [0.5, 0.6) is 0 Å². The van der Waals surface area contributed by atoms with Crippen LogP contribution in [-0.4, -0.2) is 29.9 Å². The summed E-state index contributed by atoms with van der Waals surface area (Å²) in [5, 5.41) is 2.80. The number of aromatic amines is 6. The quantitative estimate of drug-likeness (QED) is 0.0645.